The van der Waals surface area contributed by atoms with Crippen molar-refractivity contribution in [1.29, 1.82) is 0 Å². The van der Waals surface area contributed by atoms with Crippen LogP contribution in [0.4, 0.5) is 22.7 Å². The van der Waals surface area contributed by atoms with Crippen molar-refractivity contribution in [2.24, 2.45) is 0 Å². The molecule has 2 aromatic heterocycles. The number of hydrogen-bond acceptors (Lipinski definition) is 5. The predicted molar refractivity (Wildman–Crippen MR) is 81.9 cm³/mol. The molecule has 4 nitrogen and oxygen atoms in total. The van der Waals surface area contributed by atoms with Crippen LogP contribution in [0, 0.1) is 5.82 Å². The van der Waals surface area contributed by atoms with E-state index in [0.29, 0.717) is 21.4 Å². The van der Waals surface area contributed by atoms with Crippen LogP contribution in [0.25, 0.3) is 10.7 Å². The van der Waals surface area contributed by atoms with Crippen molar-refractivity contribution in [3.05, 3.63) is 59.5 Å². The molecule has 9 heteroatoms. The van der Waals surface area contributed by atoms with Gasteiger partial charge in [0.1, 0.15) is 11.5 Å². The van der Waals surface area contributed by atoms with E-state index < -0.39 is 17.6 Å². The van der Waals surface area contributed by atoms with E-state index in [1.54, 1.807) is 18.3 Å². The average molecular weight is 354 g/mol. The Morgan fingerprint density at radius 2 is 1.92 bits per heavy atom. The molecule has 0 aliphatic heterocycles. The number of hydrogen-bond donors (Lipinski definition) is 1. The number of nitrogens with one attached hydrogen (secondary N) is 1. The number of pyridine rings is 1. The van der Waals surface area contributed by atoms with Crippen molar-refractivity contribution in [3.63, 3.8) is 0 Å². The molecule has 0 atom stereocenters. The van der Waals surface area contributed by atoms with Crippen LogP contribution in [0.15, 0.2) is 42.6 Å². The van der Waals surface area contributed by atoms with E-state index in [1.165, 1.54) is 17.4 Å². The van der Waals surface area contributed by atoms with Gasteiger partial charge in [-0.1, -0.05) is 23.5 Å². The summed E-state index contributed by atoms with van der Waals surface area (Å²) in [5.41, 5.74) is -0.337. The summed E-state index contributed by atoms with van der Waals surface area (Å²) >= 11 is 1.23. The maximum Gasteiger partial charge on any atom is 0.419 e. The molecule has 0 aliphatic rings. The lowest BCUT2D eigenvalue weighted by atomic mass is 10.1. The second-order valence-electron chi connectivity index (χ2n) is 4.79. The third-order valence-corrected chi connectivity index (χ3v) is 3.99. The molecule has 1 N–H and O–H groups in total. The van der Waals surface area contributed by atoms with Crippen LogP contribution in [-0.2, 0) is 12.7 Å². The number of benzene rings is 1. The van der Waals surface area contributed by atoms with Gasteiger partial charge < -0.3 is 5.32 Å². The number of anilines is 1. The van der Waals surface area contributed by atoms with Gasteiger partial charge in [-0.05, 0) is 29.8 Å². The van der Waals surface area contributed by atoms with Gasteiger partial charge in [0.2, 0.25) is 5.13 Å². The van der Waals surface area contributed by atoms with Crippen LogP contribution in [0.5, 0.6) is 0 Å². The molecule has 3 rings (SSSR count). The summed E-state index contributed by atoms with van der Waals surface area (Å²) in [6, 6.07) is 8.24. The number of aromatic nitrogens is 3. The second-order valence-corrected chi connectivity index (χ2v) is 5.77. The third-order valence-electron chi connectivity index (χ3n) is 3.09. The van der Waals surface area contributed by atoms with Crippen LogP contribution >= 0.6 is 11.3 Å². The zero-order chi connectivity index (χ0) is 17.2. The smallest absolute Gasteiger partial charge is 0.356 e. The quantitative estimate of drug-likeness (QED) is 0.707. The highest BCUT2D eigenvalue weighted by molar-refractivity contribution is 7.18. The zero-order valence-corrected chi connectivity index (χ0v) is 12.8. The number of nitrogens with zero attached hydrogens (tertiary/aromatic N) is 3. The van der Waals surface area contributed by atoms with Gasteiger partial charge in [0, 0.05) is 12.7 Å². The molecule has 24 heavy (non-hydrogen) atoms. The Labute approximate surface area is 138 Å². The van der Waals surface area contributed by atoms with Gasteiger partial charge in [0.25, 0.3) is 0 Å². The highest BCUT2D eigenvalue weighted by Crippen LogP contribution is 2.32. The summed E-state index contributed by atoms with van der Waals surface area (Å²) in [4.78, 5) is 4.14. The molecule has 1 aromatic carbocycles. The van der Waals surface area contributed by atoms with Gasteiger partial charge in [0.15, 0.2) is 5.01 Å². The lowest BCUT2D eigenvalue weighted by Crippen LogP contribution is -2.10. The Kier molecular flexibility index (Phi) is 4.43. The number of alkyl halides is 3. The fourth-order valence-electron chi connectivity index (χ4n) is 1.96. The van der Waals surface area contributed by atoms with Gasteiger partial charge >= 0.3 is 6.18 Å². The van der Waals surface area contributed by atoms with Crippen molar-refractivity contribution >= 4 is 16.5 Å². The summed E-state index contributed by atoms with van der Waals surface area (Å²) < 4.78 is 51.3. The summed E-state index contributed by atoms with van der Waals surface area (Å²) in [5.74, 6) is -1.29. The molecule has 124 valence electrons. The first kappa shape index (κ1) is 16.3. The summed E-state index contributed by atoms with van der Waals surface area (Å²) in [6.45, 7) is 0.0697. The van der Waals surface area contributed by atoms with Gasteiger partial charge in [0.05, 0.1) is 5.56 Å². The Bertz CT molecular complexity index is 833. The zero-order valence-electron chi connectivity index (χ0n) is 12.0. The minimum atomic E-state index is -4.73. The molecular formula is C15H10F4N4S. The van der Waals surface area contributed by atoms with E-state index in [2.05, 4.69) is 20.5 Å². The fraction of sp³-hybridized carbons (Fsp3) is 0.133. The largest absolute Gasteiger partial charge is 0.419 e. The fourth-order valence-corrected chi connectivity index (χ4v) is 2.68. The monoisotopic (exact) mass is 354 g/mol. The number of rotatable bonds is 4. The summed E-state index contributed by atoms with van der Waals surface area (Å²) in [7, 11) is 0. The molecule has 0 aliphatic carbocycles. The lowest BCUT2D eigenvalue weighted by Gasteiger charge is -2.10. The predicted octanol–water partition coefficient (Wildman–Crippen LogP) is 4.37. The van der Waals surface area contributed by atoms with E-state index in [-0.39, 0.29) is 6.54 Å². The molecular weight excluding hydrogens is 344 g/mol. The highest BCUT2D eigenvalue weighted by Gasteiger charge is 2.34. The summed E-state index contributed by atoms with van der Waals surface area (Å²) in [6.07, 6.45) is -3.10. The van der Waals surface area contributed by atoms with Gasteiger partial charge in [-0.15, -0.1) is 10.2 Å². The average Bonchev–Trinajstić information content (AvgIpc) is 3.03. The molecule has 2 heterocycles. The van der Waals surface area contributed by atoms with E-state index in [1.807, 2.05) is 6.07 Å². The lowest BCUT2D eigenvalue weighted by molar-refractivity contribution is -0.140. The van der Waals surface area contributed by atoms with Gasteiger partial charge in [-0.3, -0.25) is 4.98 Å². The van der Waals surface area contributed by atoms with Gasteiger partial charge in [-0.25, -0.2) is 4.39 Å². The Balaban J connectivity index is 1.72. The van der Waals surface area contributed by atoms with Crippen LogP contribution in [0.1, 0.15) is 11.1 Å². The molecule has 0 saturated carbocycles. The maximum absolute atomic E-state index is 13.3. The standard InChI is InChI=1S/C15H10F4N4S/c16-11-5-4-9(7-10(11)15(17,18)19)8-21-14-23-22-13(24-14)12-3-1-2-6-20-12/h1-7H,8H2,(H,21,23). The first-order chi connectivity index (χ1) is 11.4. The number of halogens is 4. The molecule has 0 bridgehead atoms. The highest BCUT2D eigenvalue weighted by atomic mass is 32.1. The van der Waals surface area contributed by atoms with E-state index in [4.69, 9.17) is 0 Å². The summed E-state index contributed by atoms with van der Waals surface area (Å²) in [5, 5.41) is 11.8. The minimum absolute atomic E-state index is 0.0697. The Morgan fingerprint density at radius 3 is 2.62 bits per heavy atom. The normalized spacial score (nSPS) is 11.5. The Morgan fingerprint density at radius 1 is 1.08 bits per heavy atom. The van der Waals surface area contributed by atoms with Crippen LogP contribution in [0.2, 0.25) is 0 Å². The minimum Gasteiger partial charge on any atom is -0.356 e. The van der Waals surface area contributed by atoms with Gasteiger partial charge in [-0.2, -0.15) is 13.2 Å². The maximum atomic E-state index is 13.3. The molecule has 3 aromatic rings. The SMILES string of the molecule is Fc1ccc(CNc2nnc(-c3ccccn3)s2)cc1C(F)(F)F. The van der Waals surface area contributed by atoms with Crippen molar-refractivity contribution < 1.29 is 17.6 Å². The molecule has 0 radical (unpaired) electrons. The van der Waals surface area contributed by atoms with Crippen molar-refractivity contribution in [2.45, 2.75) is 12.7 Å². The topological polar surface area (TPSA) is 50.7 Å². The van der Waals surface area contributed by atoms with Crippen LogP contribution in [0.3, 0.4) is 0 Å². The van der Waals surface area contributed by atoms with E-state index in [0.717, 1.165) is 12.1 Å². The molecule has 0 unspecified atom stereocenters. The van der Waals surface area contributed by atoms with Crippen molar-refractivity contribution in [1.82, 2.24) is 15.2 Å². The van der Waals surface area contributed by atoms with E-state index >= 15 is 0 Å². The van der Waals surface area contributed by atoms with E-state index in [9.17, 15) is 17.6 Å². The third kappa shape index (κ3) is 3.67. The van der Waals surface area contributed by atoms with Crippen LogP contribution < -0.4 is 5.32 Å². The first-order valence-corrected chi connectivity index (χ1v) is 7.59. The van der Waals surface area contributed by atoms with Crippen molar-refractivity contribution in [3.8, 4) is 10.7 Å². The Hall–Kier alpha value is -2.55. The molecule has 0 spiro atoms. The van der Waals surface area contributed by atoms with Crippen LogP contribution in [-0.4, -0.2) is 15.2 Å². The first-order valence-electron chi connectivity index (χ1n) is 6.78. The molecule has 0 fully saturated rings. The van der Waals surface area contributed by atoms with Crippen molar-refractivity contribution in [2.75, 3.05) is 5.32 Å². The molecule has 0 amide bonds. The second kappa shape index (κ2) is 6.52. The molecule has 0 saturated heterocycles.